The number of carbonyl (C=O) groups is 1. The molecule has 3 nitrogen and oxygen atoms in total. The number of benzene rings is 2. The molecule has 0 spiro atoms. The van der Waals surface area contributed by atoms with Crippen molar-refractivity contribution in [2.75, 3.05) is 0 Å². The molecule has 0 atom stereocenters. The predicted molar refractivity (Wildman–Crippen MR) is 126 cm³/mol. The number of fused-ring (bicyclic) bond motifs is 1. The molecule has 0 aliphatic carbocycles. The van der Waals surface area contributed by atoms with Gasteiger partial charge in [0.25, 0.3) is 0 Å². The zero-order valence-electron chi connectivity index (χ0n) is 17.9. The van der Waals surface area contributed by atoms with Gasteiger partial charge >= 0.3 is 0 Å². The van der Waals surface area contributed by atoms with Gasteiger partial charge < -0.3 is 10.1 Å². The number of aliphatic hydroxyl groups excluding tert-OH is 1. The van der Waals surface area contributed by atoms with Crippen molar-refractivity contribution in [3.63, 3.8) is 0 Å². The van der Waals surface area contributed by atoms with Crippen LogP contribution in [-0.4, -0.2) is 15.9 Å². The van der Waals surface area contributed by atoms with Gasteiger partial charge in [-0.25, -0.2) is 0 Å². The molecule has 1 N–H and O–H groups in total. The van der Waals surface area contributed by atoms with Crippen LogP contribution < -0.4 is 0 Å². The van der Waals surface area contributed by atoms with Crippen molar-refractivity contribution in [3.8, 4) is 21.7 Å². The Morgan fingerprint density at radius 1 is 1.06 bits per heavy atom. The fourth-order valence-corrected chi connectivity index (χ4v) is 4.38. The number of pyridine rings is 1. The Morgan fingerprint density at radius 3 is 2.35 bits per heavy atom. The third kappa shape index (κ3) is 6.70. The van der Waals surface area contributed by atoms with E-state index in [4.69, 9.17) is 5.11 Å². The molecule has 2 aromatic carbocycles. The molecule has 2 heterocycles. The first kappa shape index (κ1) is 24.7. The maximum Gasteiger partial charge on any atom is 0.155 e. The van der Waals surface area contributed by atoms with Crippen LogP contribution in [-0.2, 0) is 24.9 Å². The van der Waals surface area contributed by atoms with Gasteiger partial charge in [0.2, 0.25) is 0 Å². The molecular weight excluding hydrogens is 583 g/mol. The Hall–Kier alpha value is -2.59. The molecule has 0 aliphatic rings. The van der Waals surface area contributed by atoms with Gasteiger partial charge in [0.15, 0.2) is 5.78 Å². The Bertz CT molecular complexity index is 1190. The number of hydrogen-bond donors (Lipinski definition) is 1. The molecule has 4 aromatic rings. The Balaban J connectivity index is 0.000000373. The maximum atomic E-state index is 10.0. The molecule has 0 aliphatic heterocycles. The summed E-state index contributed by atoms with van der Waals surface area (Å²) in [7, 11) is 0. The van der Waals surface area contributed by atoms with Gasteiger partial charge in [-0.3, -0.25) is 4.79 Å². The van der Waals surface area contributed by atoms with E-state index in [-0.39, 0.29) is 31.6 Å². The Morgan fingerprint density at radius 2 is 1.77 bits per heavy atom. The average Bonchev–Trinajstić information content (AvgIpc) is 3.11. The predicted octanol–water partition coefficient (Wildman–Crippen LogP) is 7.08. The van der Waals surface area contributed by atoms with Gasteiger partial charge in [0, 0.05) is 47.6 Å². The summed E-state index contributed by atoms with van der Waals surface area (Å²) in [5.41, 5.74) is 5.76. The summed E-state index contributed by atoms with van der Waals surface area (Å²) in [6.07, 6.45) is 3.06. The van der Waals surface area contributed by atoms with E-state index in [1.54, 1.807) is 11.3 Å². The van der Waals surface area contributed by atoms with Crippen molar-refractivity contribution >= 4 is 27.2 Å². The van der Waals surface area contributed by atoms with Gasteiger partial charge in [-0.15, -0.1) is 46.2 Å². The number of carbonyl (C=O) groups excluding carboxylic acids is 1. The maximum absolute atomic E-state index is 10.0. The average molecular weight is 607 g/mol. The van der Waals surface area contributed by atoms with Crippen LogP contribution in [0.1, 0.15) is 25.0 Å². The van der Waals surface area contributed by atoms with E-state index in [0.717, 1.165) is 16.8 Å². The van der Waals surface area contributed by atoms with Crippen molar-refractivity contribution in [1.29, 1.82) is 0 Å². The molecular formula is C26H24IrNO2S-. The molecule has 0 fully saturated rings. The SMILES string of the molecule is CC(=O)C=C(C)O.Cc1[c-]c(-c2nccc3cc(-c4ccccc4)sc23)cc(C)c1.[Ir]. The van der Waals surface area contributed by atoms with E-state index in [9.17, 15) is 4.79 Å². The number of rotatable bonds is 3. The van der Waals surface area contributed by atoms with Gasteiger partial charge in [-0.2, -0.15) is 0 Å². The first-order valence-corrected chi connectivity index (χ1v) is 10.5. The van der Waals surface area contributed by atoms with Crippen molar-refractivity contribution in [1.82, 2.24) is 4.98 Å². The second-order valence-electron chi connectivity index (χ2n) is 7.21. The standard InChI is InChI=1S/C21H16NS.C5H8O2.Ir/c1-14-10-15(2)12-18(11-14)20-21-17(8-9-22-20)13-19(23-21)16-6-4-3-5-7-16;1-4(6)3-5(2)7;/h3-11,13H,1-2H3;3,6H,1-2H3;/q-1;;. The van der Waals surface area contributed by atoms with E-state index < -0.39 is 0 Å². The van der Waals surface area contributed by atoms with E-state index in [2.05, 4.69) is 73.4 Å². The third-order valence-electron chi connectivity index (χ3n) is 4.31. The first-order valence-electron chi connectivity index (χ1n) is 9.66. The fraction of sp³-hybridized carbons (Fsp3) is 0.154. The smallest absolute Gasteiger partial charge is 0.155 e. The number of aliphatic hydroxyl groups is 1. The molecule has 161 valence electrons. The summed E-state index contributed by atoms with van der Waals surface area (Å²) in [4.78, 5) is 15.9. The van der Waals surface area contributed by atoms with Crippen molar-refractivity contribution < 1.29 is 30.0 Å². The Kier molecular flexibility index (Phi) is 8.87. The zero-order valence-corrected chi connectivity index (χ0v) is 21.1. The van der Waals surface area contributed by atoms with Crippen molar-refractivity contribution in [3.05, 3.63) is 89.8 Å². The van der Waals surface area contributed by atoms with Gasteiger partial charge in [-0.05, 0) is 36.9 Å². The number of thiophene rings is 1. The summed E-state index contributed by atoms with van der Waals surface area (Å²) in [6, 6.07) is 22.6. The second-order valence-corrected chi connectivity index (χ2v) is 8.26. The number of aromatic nitrogens is 1. The van der Waals surface area contributed by atoms with Crippen LogP contribution in [0.5, 0.6) is 0 Å². The number of ketones is 1. The van der Waals surface area contributed by atoms with Crippen LogP contribution >= 0.6 is 11.3 Å². The van der Waals surface area contributed by atoms with E-state index in [1.807, 2.05) is 12.3 Å². The first-order chi connectivity index (χ1) is 14.3. The van der Waals surface area contributed by atoms with Crippen LogP contribution in [0.25, 0.3) is 31.8 Å². The Labute approximate surface area is 200 Å². The van der Waals surface area contributed by atoms with Gasteiger partial charge in [0.1, 0.15) is 0 Å². The summed E-state index contributed by atoms with van der Waals surface area (Å²) < 4.78 is 1.23. The summed E-state index contributed by atoms with van der Waals surface area (Å²) in [6.45, 7) is 7.05. The van der Waals surface area contributed by atoms with Crippen molar-refractivity contribution in [2.45, 2.75) is 27.7 Å². The number of nitrogens with zero attached hydrogens (tertiary/aromatic N) is 1. The van der Waals surface area contributed by atoms with Gasteiger partial charge in [0.05, 0.1) is 5.76 Å². The van der Waals surface area contributed by atoms with Crippen LogP contribution in [0.3, 0.4) is 0 Å². The van der Waals surface area contributed by atoms with E-state index in [0.29, 0.717) is 0 Å². The minimum atomic E-state index is -0.125. The van der Waals surface area contributed by atoms with Crippen LogP contribution in [0, 0.1) is 19.9 Å². The van der Waals surface area contributed by atoms with Crippen LogP contribution in [0.2, 0.25) is 0 Å². The minimum absolute atomic E-state index is 0. The molecule has 5 heteroatoms. The number of allylic oxidation sites excluding steroid dienone is 2. The molecule has 2 aromatic heterocycles. The largest absolute Gasteiger partial charge is 0.512 e. The molecule has 4 rings (SSSR count). The quantitative estimate of drug-likeness (QED) is 0.154. The topological polar surface area (TPSA) is 50.2 Å². The molecule has 1 radical (unpaired) electrons. The van der Waals surface area contributed by atoms with E-state index in [1.165, 1.54) is 46.0 Å². The molecule has 0 unspecified atom stereocenters. The number of aryl methyl sites for hydroxylation is 2. The molecule has 0 amide bonds. The molecule has 0 saturated carbocycles. The van der Waals surface area contributed by atoms with E-state index >= 15 is 0 Å². The normalized spacial score (nSPS) is 10.8. The minimum Gasteiger partial charge on any atom is -0.512 e. The number of hydrogen-bond acceptors (Lipinski definition) is 4. The summed E-state index contributed by atoms with van der Waals surface area (Å²) in [5.74, 6) is -0.0625. The summed E-state index contributed by atoms with van der Waals surface area (Å²) >= 11 is 1.80. The fourth-order valence-electron chi connectivity index (χ4n) is 3.22. The molecule has 31 heavy (non-hydrogen) atoms. The summed E-state index contributed by atoms with van der Waals surface area (Å²) in [5, 5.41) is 9.61. The third-order valence-corrected chi connectivity index (χ3v) is 5.51. The second kappa shape index (κ2) is 11.1. The molecule has 0 saturated heterocycles. The van der Waals surface area contributed by atoms with Gasteiger partial charge in [-0.1, -0.05) is 44.2 Å². The van der Waals surface area contributed by atoms with Crippen molar-refractivity contribution in [2.24, 2.45) is 0 Å². The van der Waals surface area contributed by atoms with Crippen LogP contribution in [0.4, 0.5) is 0 Å². The monoisotopic (exact) mass is 607 g/mol. The van der Waals surface area contributed by atoms with Crippen LogP contribution in [0.15, 0.2) is 72.6 Å². The zero-order chi connectivity index (χ0) is 21.7. The molecule has 0 bridgehead atoms.